The molecule has 0 aliphatic rings. The Kier molecular flexibility index (Phi) is 4.29. The molecule has 3 aromatic rings. The summed E-state index contributed by atoms with van der Waals surface area (Å²) in [6, 6.07) is 21.0. The third-order valence-electron chi connectivity index (χ3n) is 3.64. The normalized spacial score (nSPS) is 12.5. The maximum absolute atomic E-state index is 6.20. The molecule has 3 aromatic carbocycles. The van der Waals surface area contributed by atoms with E-state index in [1.54, 1.807) is 0 Å². The predicted molar refractivity (Wildman–Crippen MR) is 94.0 cm³/mol. The van der Waals surface area contributed by atoms with E-state index >= 15 is 0 Å². The number of halogens is 2. The highest BCUT2D eigenvalue weighted by Gasteiger charge is 2.15. The van der Waals surface area contributed by atoms with Gasteiger partial charge < -0.3 is 5.32 Å². The average molecular weight is 361 g/mol. The van der Waals surface area contributed by atoms with E-state index in [1.807, 2.05) is 19.2 Å². The van der Waals surface area contributed by atoms with Crippen molar-refractivity contribution in [3.63, 3.8) is 0 Å². The summed E-state index contributed by atoms with van der Waals surface area (Å²) >= 11 is 9.72. The topological polar surface area (TPSA) is 12.0 Å². The molecular formula is C18H15BrClN. The lowest BCUT2D eigenvalue weighted by molar-refractivity contribution is 0.696. The molecule has 0 amide bonds. The van der Waals surface area contributed by atoms with Crippen molar-refractivity contribution in [2.75, 3.05) is 7.05 Å². The highest BCUT2D eigenvalue weighted by atomic mass is 79.9. The van der Waals surface area contributed by atoms with Crippen LogP contribution in [0.5, 0.6) is 0 Å². The largest absolute Gasteiger partial charge is 0.309 e. The highest BCUT2D eigenvalue weighted by molar-refractivity contribution is 9.10. The summed E-state index contributed by atoms with van der Waals surface area (Å²) in [5.74, 6) is 0. The summed E-state index contributed by atoms with van der Waals surface area (Å²) < 4.78 is 0.991. The van der Waals surface area contributed by atoms with Gasteiger partial charge in [0.1, 0.15) is 0 Å². The molecule has 0 heterocycles. The molecule has 21 heavy (non-hydrogen) atoms. The molecule has 3 heteroatoms. The van der Waals surface area contributed by atoms with Gasteiger partial charge in [0.05, 0.1) is 6.04 Å². The number of hydrogen-bond acceptors (Lipinski definition) is 1. The maximum atomic E-state index is 6.20. The summed E-state index contributed by atoms with van der Waals surface area (Å²) in [4.78, 5) is 0. The van der Waals surface area contributed by atoms with Gasteiger partial charge >= 0.3 is 0 Å². The zero-order chi connectivity index (χ0) is 14.8. The van der Waals surface area contributed by atoms with Crippen molar-refractivity contribution in [3.8, 4) is 0 Å². The zero-order valence-corrected chi connectivity index (χ0v) is 13.9. The molecule has 0 aliphatic heterocycles. The molecule has 1 atom stereocenters. The number of fused-ring (bicyclic) bond motifs is 1. The van der Waals surface area contributed by atoms with Crippen molar-refractivity contribution in [3.05, 3.63) is 81.3 Å². The molecule has 1 N–H and O–H groups in total. The fraction of sp³-hybridized carbons (Fsp3) is 0.111. The molecule has 0 saturated carbocycles. The summed E-state index contributed by atoms with van der Waals surface area (Å²) in [6.07, 6.45) is 0. The summed E-state index contributed by atoms with van der Waals surface area (Å²) in [5, 5.41) is 6.64. The van der Waals surface area contributed by atoms with Crippen LogP contribution in [-0.2, 0) is 0 Å². The van der Waals surface area contributed by atoms with E-state index in [0.29, 0.717) is 0 Å². The number of nitrogens with one attached hydrogen (secondary N) is 1. The van der Waals surface area contributed by atoms with Crippen LogP contribution in [0.25, 0.3) is 10.8 Å². The van der Waals surface area contributed by atoms with Gasteiger partial charge in [-0.25, -0.2) is 0 Å². The Morgan fingerprint density at radius 2 is 1.76 bits per heavy atom. The number of hydrogen-bond donors (Lipinski definition) is 1. The van der Waals surface area contributed by atoms with E-state index in [0.717, 1.165) is 15.1 Å². The van der Waals surface area contributed by atoms with Gasteiger partial charge in [-0.2, -0.15) is 0 Å². The van der Waals surface area contributed by atoms with E-state index in [9.17, 15) is 0 Å². The van der Waals surface area contributed by atoms with Crippen LogP contribution in [0.15, 0.2) is 65.1 Å². The summed E-state index contributed by atoms with van der Waals surface area (Å²) in [7, 11) is 1.97. The second kappa shape index (κ2) is 6.18. The quantitative estimate of drug-likeness (QED) is 0.644. The van der Waals surface area contributed by atoms with E-state index in [1.165, 1.54) is 16.3 Å². The molecule has 0 fully saturated rings. The SMILES string of the molecule is CNC(c1cc(Cl)cc(Br)c1)c1cccc2ccccc12. The smallest absolute Gasteiger partial charge is 0.0581 e. The first-order valence-corrected chi connectivity index (χ1v) is 7.97. The van der Waals surface area contributed by atoms with Gasteiger partial charge in [-0.05, 0) is 47.1 Å². The van der Waals surface area contributed by atoms with Crippen LogP contribution in [0.1, 0.15) is 17.2 Å². The maximum Gasteiger partial charge on any atom is 0.0581 e. The van der Waals surface area contributed by atoms with Gasteiger partial charge in [-0.3, -0.25) is 0 Å². The Morgan fingerprint density at radius 3 is 2.52 bits per heavy atom. The minimum atomic E-state index is 0.103. The molecule has 1 unspecified atom stereocenters. The predicted octanol–water partition coefficient (Wildman–Crippen LogP) is 5.56. The monoisotopic (exact) mass is 359 g/mol. The van der Waals surface area contributed by atoms with Crippen molar-refractivity contribution >= 4 is 38.3 Å². The lowest BCUT2D eigenvalue weighted by Gasteiger charge is -2.20. The van der Waals surface area contributed by atoms with E-state index in [4.69, 9.17) is 11.6 Å². The van der Waals surface area contributed by atoms with Crippen LogP contribution in [0.3, 0.4) is 0 Å². The van der Waals surface area contributed by atoms with Crippen molar-refractivity contribution in [2.45, 2.75) is 6.04 Å². The van der Waals surface area contributed by atoms with Crippen LogP contribution in [-0.4, -0.2) is 7.05 Å². The molecule has 0 spiro atoms. The summed E-state index contributed by atoms with van der Waals surface area (Å²) in [5.41, 5.74) is 2.40. The Morgan fingerprint density at radius 1 is 1.00 bits per heavy atom. The Bertz CT molecular complexity index is 760. The summed E-state index contributed by atoms with van der Waals surface area (Å²) in [6.45, 7) is 0. The number of benzene rings is 3. The van der Waals surface area contributed by atoms with Gasteiger partial charge in [0.15, 0.2) is 0 Å². The molecule has 0 aromatic heterocycles. The minimum absolute atomic E-state index is 0.103. The molecular weight excluding hydrogens is 346 g/mol. The lowest BCUT2D eigenvalue weighted by atomic mass is 9.94. The molecule has 0 bridgehead atoms. The Hall–Kier alpha value is -1.35. The Labute approximate surface area is 138 Å². The second-order valence-corrected chi connectivity index (χ2v) is 6.34. The highest BCUT2D eigenvalue weighted by Crippen LogP contribution is 2.31. The van der Waals surface area contributed by atoms with Gasteiger partial charge in [0.2, 0.25) is 0 Å². The lowest BCUT2D eigenvalue weighted by Crippen LogP contribution is -2.18. The molecule has 0 radical (unpaired) electrons. The molecule has 0 aliphatic carbocycles. The van der Waals surface area contributed by atoms with Crippen LogP contribution in [0, 0.1) is 0 Å². The van der Waals surface area contributed by atoms with E-state index in [-0.39, 0.29) is 6.04 Å². The van der Waals surface area contributed by atoms with Crippen molar-refractivity contribution in [1.82, 2.24) is 5.32 Å². The molecule has 1 nitrogen and oxygen atoms in total. The van der Waals surface area contributed by atoms with Crippen LogP contribution in [0.2, 0.25) is 5.02 Å². The minimum Gasteiger partial charge on any atom is -0.309 e. The fourth-order valence-electron chi connectivity index (χ4n) is 2.75. The van der Waals surface area contributed by atoms with E-state index < -0.39 is 0 Å². The third-order valence-corrected chi connectivity index (χ3v) is 4.32. The van der Waals surface area contributed by atoms with Crippen molar-refractivity contribution in [2.24, 2.45) is 0 Å². The molecule has 0 saturated heterocycles. The van der Waals surface area contributed by atoms with Gasteiger partial charge in [-0.1, -0.05) is 70.0 Å². The first kappa shape index (κ1) is 14.6. The van der Waals surface area contributed by atoms with Gasteiger partial charge in [0, 0.05) is 9.50 Å². The van der Waals surface area contributed by atoms with Crippen LogP contribution < -0.4 is 5.32 Å². The van der Waals surface area contributed by atoms with E-state index in [2.05, 4.69) is 69.8 Å². The molecule has 3 rings (SSSR count). The fourth-order valence-corrected chi connectivity index (χ4v) is 3.63. The first-order chi connectivity index (χ1) is 10.2. The first-order valence-electron chi connectivity index (χ1n) is 6.80. The average Bonchev–Trinajstić information content (AvgIpc) is 2.47. The van der Waals surface area contributed by atoms with Gasteiger partial charge in [0.25, 0.3) is 0 Å². The Balaban J connectivity index is 2.18. The van der Waals surface area contributed by atoms with Crippen molar-refractivity contribution < 1.29 is 0 Å². The molecule has 106 valence electrons. The standard InChI is InChI=1S/C18H15BrClN/c1-21-18(13-9-14(19)11-15(20)10-13)17-8-4-6-12-5-2-3-7-16(12)17/h2-11,18,21H,1H3. The van der Waals surface area contributed by atoms with Crippen LogP contribution >= 0.6 is 27.5 Å². The second-order valence-electron chi connectivity index (χ2n) is 4.99. The van der Waals surface area contributed by atoms with Crippen LogP contribution in [0.4, 0.5) is 0 Å². The van der Waals surface area contributed by atoms with Crippen molar-refractivity contribution in [1.29, 1.82) is 0 Å². The number of rotatable bonds is 3. The third kappa shape index (κ3) is 2.98. The zero-order valence-electron chi connectivity index (χ0n) is 11.6. The van der Waals surface area contributed by atoms with Gasteiger partial charge in [-0.15, -0.1) is 0 Å².